The minimum absolute atomic E-state index is 0.187. The fourth-order valence-corrected chi connectivity index (χ4v) is 7.53. The number of sulfone groups is 2. The Bertz CT molecular complexity index is 1510. The molecule has 1 N–H and O–H groups in total. The molecule has 0 aliphatic carbocycles. The van der Waals surface area contributed by atoms with Crippen molar-refractivity contribution in [3.8, 4) is 0 Å². The number of hydrogen-bond donors (Lipinski definition) is 1. The van der Waals surface area contributed by atoms with E-state index >= 15 is 0 Å². The average molecular weight is 512 g/mol. The van der Waals surface area contributed by atoms with E-state index in [9.17, 15) is 29.6 Å². The topological polar surface area (TPSA) is 114 Å². The number of sulfonamides is 1. The predicted octanol–water partition coefficient (Wildman–Crippen LogP) is 3.41. The van der Waals surface area contributed by atoms with Gasteiger partial charge in [0.2, 0.25) is 29.7 Å². The lowest BCUT2D eigenvalue weighted by atomic mass is 10.1. The molecule has 0 aliphatic heterocycles. The maximum absolute atomic E-state index is 14.3. The van der Waals surface area contributed by atoms with E-state index in [4.69, 9.17) is 0 Å². The summed E-state index contributed by atoms with van der Waals surface area (Å²) in [4.78, 5) is -1.81. The van der Waals surface area contributed by atoms with Crippen LogP contribution in [0.4, 0.5) is 4.39 Å². The Balaban J connectivity index is 2.12. The van der Waals surface area contributed by atoms with Crippen LogP contribution in [0.1, 0.15) is 24.1 Å². The first-order chi connectivity index (χ1) is 15.2. The van der Waals surface area contributed by atoms with Crippen LogP contribution in [0.3, 0.4) is 0 Å². The van der Waals surface area contributed by atoms with Crippen molar-refractivity contribution in [2.24, 2.45) is 0 Å². The smallest absolute Gasteiger partial charge is 0.210 e. The first-order valence-corrected chi connectivity index (χ1v) is 14.5. The van der Waals surface area contributed by atoms with Crippen LogP contribution in [-0.2, 0) is 29.7 Å². The van der Waals surface area contributed by atoms with Gasteiger partial charge in [-0.25, -0.2) is 34.4 Å². The highest BCUT2D eigenvalue weighted by molar-refractivity contribution is 7.94. The fourth-order valence-electron chi connectivity index (χ4n) is 3.28. The Hall–Kier alpha value is -2.60. The zero-order valence-electron chi connectivity index (χ0n) is 18.0. The molecule has 3 rings (SSSR count). The molecule has 0 aliphatic rings. The predicted molar refractivity (Wildman–Crippen MR) is 121 cm³/mol. The normalized spacial score (nSPS) is 13.6. The van der Waals surface area contributed by atoms with Gasteiger partial charge >= 0.3 is 0 Å². The molecule has 0 saturated heterocycles. The third-order valence-corrected chi connectivity index (χ3v) is 9.45. The maximum Gasteiger partial charge on any atom is 0.210 e. The van der Waals surface area contributed by atoms with E-state index in [1.54, 1.807) is 13.8 Å². The van der Waals surface area contributed by atoms with E-state index in [0.717, 1.165) is 24.5 Å². The molecule has 1 atom stereocenters. The molecule has 0 amide bonds. The molecule has 176 valence electrons. The summed E-state index contributed by atoms with van der Waals surface area (Å²) in [7, 11) is -12.3. The Labute approximate surface area is 193 Å². The van der Waals surface area contributed by atoms with Gasteiger partial charge in [0.25, 0.3) is 0 Å². The monoisotopic (exact) mass is 511 g/mol. The molecule has 11 heteroatoms. The molecule has 0 unspecified atom stereocenters. The second-order valence-electron chi connectivity index (χ2n) is 7.57. The van der Waals surface area contributed by atoms with Crippen LogP contribution in [0, 0.1) is 12.7 Å². The number of halogens is 1. The molecule has 33 heavy (non-hydrogen) atoms. The molecule has 0 fully saturated rings. The summed E-state index contributed by atoms with van der Waals surface area (Å²) in [5.74, 6) is -0.988. The summed E-state index contributed by atoms with van der Waals surface area (Å²) in [6.45, 7) is 3.21. The van der Waals surface area contributed by atoms with Gasteiger partial charge in [-0.2, -0.15) is 0 Å². The first-order valence-electron chi connectivity index (χ1n) is 9.66. The van der Waals surface area contributed by atoms with Gasteiger partial charge in [-0.05, 0) is 61.4 Å². The summed E-state index contributed by atoms with van der Waals surface area (Å²) >= 11 is 0. The van der Waals surface area contributed by atoms with E-state index in [2.05, 4.69) is 4.72 Å². The van der Waals surface area contributed by atoms with Gasteiger partial charge in [0.1, 0.15) is 10.7 Å². The summed E-state index contributed by atoms with van der Waals surface area (Å²) in [6, 6.07) is 13.4. The highest BCUT2D eigenvalue weighted by atomic mass is 32.2. The number of aryl methyl sites for hydroxylation is 1. The third-order valence-electron chi connectivity index (χ3n) is 4.89. The van der Waals surface area contributed by atoms with Gasteiger partial charge in [-0.3, -0.25) is 0 Å². The van der Waals surface area contributed by atoms with E-state index < -0.39 is 56.2 Å². The molecular formula is C22H22FNO6S3. The van der Waals surface area contributed by atoms with E-state index in [0.29, 0.717) is 11.1 Å². The number of rotatable bonds is 7. The Morgan fingerprint density at radius 1 is 0.758 bits per heavy atom. The summed E-state index contributed by atoms with van der Waals surface area (Å²) in [6.07, 6.45) is 1.01. The lowest BCUT2D eigenvalue weighted by Gasteiger charge is -2.15. The molecule has 0 aromatic heterocycles. The second-order valence-corrected chi connectivity index (χ2v) is 13.2. The molecule has 0 spiro atoms. The number of nitrogens with one attached hydrogen (secondary N) is 1. The van der Waals surface area contributed by atoms with Crippen molar-refractivity contribution >= 4 is 29.7 Å². The Morgan fingerprint density at radius 3 is 1.94 bits per heavy atom. The number of benzene rings is 3. The van der Waals surface area contributed by atoms with Crippen LogP contribution in [0.5, 0.6) is 0 Å². The highest BCUT2D eigenvalue weighted by Gasteiger charge is 2.31. The van der Waals surface area contributed by atoms with Gasteiger partial charge in [-0.15, -0.1) is 0 Å². The van der Waals surface area contributed by atoms with Gasteiger partial charge in [0.15, 0.2) is 0 Å². The van der Waals surface area contributed by atoms with Gasteiger partial charge in [0, 0.05) is 6.04 Å². The van der Waals surface area contributed by atoms with Crippen molar-refractivity contribution in [3.05, 3.63) is 83.7 Å². The summed E-state index contributed by atoms with van der Waals surface area (Å²) in [5, 5.41) is 0. The molecule has 0 radical (unpaired) electrons. The fraction of sp³-hybridized carbons (Fsp3) is 0.182. The van der Waals surface area contributed by atoms with Gasteiger partial charge < -0.3 is 0 Å². The van der Waals surface area contributed by atoms with Crippen molar-refractivity contribution in [1.82, 2.24) is 4.72 Å². The zero-order valence-corrected chi connectivity index (χ0v) is 20.4. The van der Waals surface area contributed by atoms with E-state index in [1.807, 2.05) is 0 Å². The SMILES string of the molecule is Cc1ccc(S(=O)(=O)c2ccccc2F)c(S(=O)(=O)c2ccc([C@H](C)NS(C)(=O)=O)cc2)c1. The quantitative estimate of drug-likeness (QED) is 0.520. The van der Waals surface area contributed by atoms with Crippen LogP contribution in [0.2, 0.25) is 0 Å². The minimum atomic E-state index is -4.48. The lowest BCUT2D eigenvalue weighted by Crippen LogP contribution is -2.25. The largest absolute Gasteiger partial charge is 0.218 e. The molecule has 7 nitrogen and oxygen atoms in total. The van der Waals surface area contributed by atoms with Crippen LogP contribution < -0.4 is 4.72 Å². The van der Waals surface area contributed by atoms with Gasteiger partial charge in [0.05, 0.1) is 20.9 Å². The highest BCUT2D eigenvalue weighted by Crippen LogP contribution is 2.33. The van der Waals surface area contributed by atoms with E-state index in [-0.39, 0.29) is 4.90 Å². The lowest BCUT2D eigenvalue weighted by molar-refractivity contribution is 0.562. The van der Waals surface area contributed by atoms with Gasteiger partial charge in [-0.1, -0.05) is 30.3 Å². The van der Waals surface area contributed by atoms with Crippen LogP contribution in [0.25, 0.3) is 0 Å². The molecule has 0 heterocycles. The van der Waals surface area contributed by atoms with Crippen LogP contribution in [-0.4, -0.2) is 31.5 Å². The summed E-state index contributed by atoms with van der Waals surface area (Å²) < 4.78 is 92.7. The van der Waals surface area contributed by atoms with Crippen LogP contribution >= 0.6 is 0 Å². The molecule has 3 aromatic rings. The third kappa shape index (κ3) is 5.32. The summed E-state index contributed by atoms with van der Waals surface area (Å²) in [5.41, 5.74) is 1.02. The van der Waals surface area contributed by atoms with Crippen LogP contribution in [0.15, 0.2) is 86.3 Å². The Morgan fingerprint density at radius 2 is 1.36 bits per heavy atom. The first kappa shape index (κ1) is 25.0. The molecular weight excluding hydrogens is 489 g/mol. The Kier molecular flexibility index (Phi) is 6.81. The number of hydrogen-bond acceptors (Lipinski definition) is 6. The molecule has 0 bridgehead atoms. The second kappa shape index (κ2) is 8.98. The standard InChI is InChI=1S/C22H22FNO6S3/c1-15-8-13-21(33(29,30)20-7-5-4-6-19(20)23)22(14-15)32(27,28)18-11-9-17(10-12-18)16(2)24-31(3,25)26/h4-14,16,24H,1-3H3/t16-/m0/s1. The molecule has 3 aromatic carbocycles. The average Bonchev–Trinajstić information content (AvgIpc) is 2.72. The van der Waals surface area contributed by atoms with Crippen molar-refractivity contribution < 1.29 is 29.6 Å². The zero-order chi connectivity index (χ0) is 24.6. The van der Waals surface area contributed by atoms with Crippen molar-refractivity contribution in [2.75, 3.05) is 6.26 Å². The maximum atomic E-state index is 14.3. The molecule has 0 saturated carbocycles. The minimum Gasteiger partial charge on any atom is -0.218 e. The van der Waals surface area contributed by atoms with Crippen molar-refractivity contribution in [2.45, 2.75) is 39.5 Å². The van der Waals surface area contributed by atoms with Crippen molar-refractivity contribution in [1.29, 1.82) is 0 Å². The van der Waals surface area contributed by atoms with E-state index in [1.165, 1.54) is 48.5 Å². The van der Waals surface area contributed by atoms with Crippen molar-refractivity contribution in [3.63, 3.8) is 0 Å².